The van der Waals surface area contributed by atoms with Gasteiger partial charge in [-0.1, -0.05) is 24.6 Å². The number of aromatic nitrogens is 3. The van der Waals surface area contributed by atoms with Crippen LogP contribution in [0.15, 0.2) is 30.5 Å². The largest absolute Gasteiger partial charge is 0.393 e. The van der Waals surface area contributed by atoms with Crippen molar-refractivity contribution in [1.82, 2.24) is 20.3 Å². The van der Waals surface area contributed by atoms with E-state index in [9.17, 15) is 9.90 Å². The lowest BCUT2D eigenvalue weighted by Crippen LogP contribution is -2.29. The first-order valence-electron chi connectivity index (χ1n) is 7.10. The van der Waals surface area contributed by atoms with Gasteiger partial charge < -0.3 is 10.4 Å². The molecule has 7 heteroatoms. The molecule has 0 aliphatic heterocycles. The van der Waals surface area contributed by atoms with Crippen LogP contribution in [0.4, 0.5) is 0 Å². The lowest BCUT2D eigenvalue weighted by atomic mass is 10.0. The number of hydrogen-bond donors (Lipinski definition) is 2. The molecule has 0 saturated heterocycles. The van der Waals surface area contributed by atoms with Crippen LogP contribution in [-0.2, 0) is 0 Å². The van der Waals surface area contributed by atoms with Crippen LogP contribution in [0, 0.1) is 5.92 Å². The van der Waals surface area contributed by atoms with Gasteiger partial charge in [-0.05, 0) is 37.5 Å². The van der Waals surface area contributed by atoms with E-state index in [1.165, 1.54) is 11.0 Å². The maximum Gasteiger partial charge on any atom is 0.273 e. The van der Waals surface area contributed by atoms with Crippen molar-refractivity contribution in [1.29, 1.82) is 0 Å². The number of benzene rings is 1. The monoisotopic (exact) mass is 322 g/mol. The van der Waals surface area contributed by atoms with Crippen molar-refractivity contribution in [3.05, 3.63) is 41.2 Å². The summed E-state index contributed by atoms with van der Waals surface area (Å²) in [7, 11) is 0. The van der Waals surface area contributed by atoms with Crippen LogP contribution in [0.25, 0.3) is 5.69 Å². The van der Waals surface area contributed by atoms with E-state index in [0.29, 0.717) is 23.7 Å². The van der Waals surface area contributed by atoms with Crippen molar-refractivity contribution in [3.63, 3.8) is 0 Å². The molecule has 1 aromatic heterocycles. The predicted molar refractivity (Wildman–Crippen MR) is 84.2 cm³/mol. The molecule has 2 N–H and O–H groups in total. The number of rotatable bonds is 6. The number of carbonyl (C=O) groups excluding carboxylic acids is 1. The number of carbonyl (C=O) groups is 1. The Morgan fingerprint density at radius 2 is 2.23 bits per heavy atom. The Morgan fingerprint density at radius 3 is 2.91 bits per heavy atom. The second-order valence-electron chi connectivity index (χ2n) is 5.40. The van der Waals surface area contributed by atoms with Gasteiger partial charge in [-0.3, -0.25) is 4.79 Å². The van der Waals surface area contributed by atoms with Gasteiger partial charge in [0.15, 0.2) is 5.69 Å². The summed E-state index contributed by atoms with van der Waals surface area (Å²) >= 11 is 5.92. The Morgan fingerprint density at radius 1 is 1.45 bits per heavy atom. The minimum absolute atomic E-state index is 0.187. The average Bonchev–Trinajstić information content (AvgIpc) is 2.94. The molecule has 0 aliphatic rings. The highest BCUT2D eigenvalue weighted by atomic mass is 35.5. The zero-order chi connectivity index (χ0) is 16.1. The summed E-state index contributed by atoms with van der Waals surface area (Å²) in [6.45, 7) is 4.18. The van der Waals surface area contributed by atoms with E-state index >= 15 is 0 Å². The van der Waals surface area contributed by atoms with Gasteiger partial charge in [-0.15, -0.1) is 5.10 Å². The molecule has 0 radical (unpaired) electrons. The minimum atomic E-state index is -0.379. The average molecular weight is 323 g/mol. The Kier molecular flexibility index (Phi) is 5.51. The minimum Gasteiger partial charge on any atom is -0.393 e. The van der Waals surface area contributed by atoms with E-state index in [0.717, 1.165) is 0 Å². The van der Waals surface area contributed by atoms with Gasteiger partial charge in [0.2, 0.25) is 0 Å². The number of hydrogen-bond acceptors (Lipinski definition) is 4. The fourth-order valence-electron chi connectivity index (χ4n) is 2.12. The molecule has 6 nitrogen and oxygen atoms in total. The van der Waals surface area contributed by atoms with Gasteiger partial charge in [0.05, 0.1) is 18.0 Å². The molecule has 2 unspecified atom stereocenters. The third kappa shape index (κ3) is 4.54. The highest BCUT2D eigenvalue weighted by Crippen LogP contribution is 2.13. The molecule has 2 rings (SSSR count). The standard InChI is InChI=1S/C15H19ClN4O2/c1-10(6-11(2)21)8-17-15(22)14-9-18-20(19-14)13-5-3-4-12(16)7-13/h3-5,7,9-11,21H,6,8H2,1-2H3,(H,17,22). The number of aliphatic hydroxyl groups excluding tert-OH is 1. The lowest BCUT2D eigenvalue weighted by Gasteiger charge is -2.13. The van der Waals surface area contributed by atoms with Crippen LogP contribution >= 0.6 is 11.6 Å². The van der Waals surface area contributed by atoms with Crippen molar-refractivity contribution >= 4 is 17.5 Å². The van der Waals surface area contributed by atoms with Crippen LogP contribution in [0.1, 0.15) is 30.8 Å². The van der Waals surface area contributed by atoms with Crippen molar-refractivity contribution in [2.24, 2.45) is 5.92 Å². The summed E-state index contributed by atoms with van der Waals surface area (Å²) in [5, 5.41) is 20.9. The molecule has 1 heterocycles. The molecule has 2 atom stereocenters. The molecule has 118 valence electrons. The van der Waals surface area contributed by atoms with E-state index in [2.05, 4.69) is 15.5 Å². The number of aliphatic hydroxyl groups is 1. The van der Waals surface area contributed by atoms with Crippen LogP contribution in [0.2, 0.25) is 5.02 Å². The van der Waals surface area contributed by atoms with Gasteiger partial charge in [0, 0.05) is 11.6 Å². The zero-order valence-electron chi connectivity index (χ0n) is 12.5. The van der Waals surface area contributed by atoms with Gasteiger partial charge >= 0.3 is 0 Å². The molecule has 0 aliphatic carbocycles. The van der Waals surface area contributed by atoms with Gasteiger partial charge in [0.25, 0.3) is 5.91 Å². The third-order valence-corrected chi connectivity index (χ3v) is 3.35. The topological polar surface area (TPSA) is 80.0 Å². The van der Waals surface area contributed by atoms with E-state index in [-0.39, 0.29) is 23.6 Å². The highest BCUT2D eigenvalue weighted by Gasteiger charge is 2.13. The predicted octanol–water partition coefficient (Wildman–Crippen LogP) is 2.06. The first kappa shape index (κ1) is 16.5. The SMILES string of the molecule is CC(O)CC(C)CNC(=O)c1cnn(-c2cccc(Cl)c2)n1. The first-order chi connectivity index (χ1) is 10.5. The van der Waals surface area contributed by atoms with Gasteiger partial charge in [-0.2, -0.15) is 9.90 Å². The maximum atomic E-state index is 12.0. The smallest absolute Gasteiger partial charge is 0.273 e. The summed E-state index contributed by atoms with van der Waals surface area (Å²) in [6.07, 6.45) is 1.67. The Hall–Kier alpha value is -1.92. The number of halogens is 1. The van der Waals surface area contributed by atoms with Crippen LogP contribution in [0.3, 0.4) is 0 Å². The van der Waals surface area contributed by atoms with E-state index in [1.54, 1.807) is 31.2 Å². The fraction of sp³-hybridized carbons (Fsp3) is 0.400. The van der Waals surface area contributed by atoms with Crippen LogP contribution < -0.4 is 5.32 Å². The molecular weight excluding hydrogens is 304 g/mol. The molecule has 2 aromatic rings. The number of amides is 1. The molecule has 0 bridgehead atoms. The highest BCUT2D eigenvalue weighted by molar-refractivity contribution is 6.30. The Bertz CT molecular complexity index is 642. The summed E-state index contributed by atoms with van der Waals surface area (Å²) in [5.74, 6) is -0.0994. The first-order valence-corrected chi connectivity index (χ1v) is 7.48. The lowest BCUT2D eigenvalue weighted by molar-refractivity contribution is 0.0934. The molecule has 0 fully saturated rings. The molecule has 0 saturated carbocycles. The van der Waals surface area contributed by atoms with Crippen molar-refractivity contribution < 1.29 is 9.90 Å². The normalized spacial score (nSPS) is 13.6. The van der Waals surface area contributed by atoms with E-state index in [4.69, 9.17) is 11.6 Å². The fourth-order valence-corrected chi connectivity index (χ4v) is 2.30. The summed E-state index contributed by atoms with van der Waals surface area (Å²) in [4.78, 5) is 13.4. The molecule has 1 amide bonds. The molecule has 1 aromatic carbocycles. The van der Waals surface area contributed by atoms with E-state index < -0.39 is 0 Å². The second kappa shape index (κ2) is 7.38. The van der Waals surface area contributed by atoms with Crippen LogP contribution in [0.5, 0.6) is 0 Å². The third-order valence-electron chi connectivity index (χ3n) is 3.12. The maximum absolute atomic E-state index is 12.0. The van der Waals surface area contributed by atoms with Crippen molar-refractivity contribution in [3.8, 4) is 5.69 Å². The van der Waals surface area contributed by atoms with E-state index in [1.807, 2.05) is 6.92 Å². The molecular formula is C15H19ClN4O2. The number of nitrogens with one attached hydrogen (secondary N) is 1. The van der Waals surface area contributed by atoms with Crippen LogP contribution in [-0.4, -0.2) is 38.7 Å². The summed E-state index contributed by atoms with van der Waals surface area (Å²) < 4.78 is 0. The summed E-state index contributed by atoms with van der Waals surface area (Å²) in [5.41, 5.74) is 0.929. The molecule has 0 spiro atoms. The second-order valence-corrected chi connectivity index (χ2v) is 5.84. The zero-order valence-corrected chi connectivity index (χ0v) is 13.3. The van der Waals surface area contributed by atoms with Crippen molar-refractivity contribution in [2.45, 2.75) is 26.4 Å². The Labute approximate surface area is 134 Å². The summed E-state index contributed by atoms with van der Waals surface area (Å²) in [6, 6.07) is 7.07. The van der Waals surface area contributed by atoms with Gasteiger partial charge in [0.1, 0.15) is 0 Å². The quantitative estimate of drug-likeness (QED) is 0.853. The molecule has 22 heavy (non-hydrogen) atoms. The Balaban J connectivity index is 1.97. The number of nitrogens with zero attached hydrogens (tertiary/aromatic N) is 3. The van der Waals surface area contributed by atoms with Gasteiger partial charge in [-0.25, -0.2) is 0 Å². The van der Waals surface area contributed by atoms with Crippen molar-refractivity contribution in [2.75, 3.05) is 6.54 Å².